The summed E-state index contributed by atoms with van der Waals surface area (Å²) in [6.45, 7) is 7.20. The van der Waals surface area contributed by atoms with E-state index in [9.17, 15) is 14.4 Å². The second kappa shape index (κ2) is 8.36. The Kier molecular flexibility index (Phi) is 6.81. The van der Waals surface area contributed by atoms with Crippen LogP contribution in [0.5, 0.6) is 0 Å². The van der Waals surface area contributed by atoms with Gasteiger partial charge in [-0.15, -0.1) is 0 Å². The lowest BCUT2D eigenvalue weighted by Gasteiger charge is -2.16. The quantitative estimate of drug-likeness (QED) is 0.671. The van der Waals surface area contributed by atoms with Crippen molar-refractivity contribution in [1.29, 1.82) is 0 Å². The van der Waals surface area contributed by atoms with Crippen molar-refractivity contribution in [3.63, 3.8) is 0 Å². The van der Waals surface area contributed by atoms with Crippen LogP contribution in [0.2, 0.25) is 0 Å². The third-order valence-corrected chi connectivity index (χ3v) is 3.32. The second-order valence-electron chi connectivity index (χ2n) is 5.84. The third kappa shape index (κ3) is 5.77. The lowest BCUT2D eigenvalue weighted by molar-refractivity contribution is -0.142. The van der Waals surface area contributed by atoms with Crippen molar-refractivity contribution in [2.24, 2.45) is 5.92 Å². The normalized spacial score (nSPS) is 12.0. The molecule has 7 heteroatoms. The van der Waals surface area contributed by atoms with E-state index in [4.69, 9.17) is 9.52 Å². The summed E-state index contributed by atoms with van der Waals surface area (Å²) in [6.07, 6.45) is 1.00. The monoisotopic (exact) mass is 324 g/mol. The zero-order valence-corrected chi connectivity index (χ0v) is 13.9. The first-order valence-corrected chi connectivity index (χ1v) is 7.64. The van der Waals surface area contributed by atoms with E-state index in [1.54, 1.807) is 6.07 Å². The standard InChI is InChI=1S/C16H24N2O5/c1-5-12-10(4)7-13(23-12)15(20)17-8-14(19)18-11(16(21)22)6-9(2)3/h7,9,11H,5-6,8H2,1-4H3,(H,17,20)(H,18,19)(H,21,22)/t11-/m0/s1. The molecular weight excluding hydrogens is 300 g/mol. The molecule has 0 unspecified atom stereocenters. The van der Waals surface area contributed by atoms with Crippen LogP contribution in [0.1, 0.15) is 49.1 Å². The molecule has 128 valence electrons. The molecule has 0 radical (unpaired) electrons. The first-order valence-electron chi connectivity index (χ1n) is 7.64. The van der Waals surface area contributed by atoms with Crippen molar-refractivity contribution in [2.75, 3.05) is 6.54 Å². The molecule has 1 heterocycles. The Labute approximate surface area is 135 Å². The smallest absolute Gasteiger partial charge is 0.326 e. The van der Waals surface area contributed by atoms with Crippen LogP contribution in [0.15, 0.2) is 10.5 Å². The van der Waals surface area contributed by atoms with E-state index in [0.29, 0.717) is 12.8 Å². The van der Waals surface area contributed by atoms with Gasteiger partial charge in [0, 0.05) is 6.42 Å². The highest BCUT2D eigenvalue weighted by atomic mass is 16.4. The molecule has 23 heavy (non-hydrogen) atoms. The Hall–Kier alpha value is -2.31. The van der Waals surface area contributed by atoms with Crippen molar-refractivity contribution >= 4 is 17.8 Å². The van der Waals surface area contributed by atoms with Gasteiger partial charge in [-0.2, -0.15) is 0 Å². The summed E-state index contributed by atoms with van der Waals surface area (Å²) in [5.74, 6) is -1.15. The third-order valence-electron chi connectivity index (χ3n) is 3.32. The van der Waals surface area contributed by atoms with E-state index >= 15 is 0 Å². The van der Waals surface area contributed by atoms with Gasteiger partial charge in [0.15, 0.2) is 5.76 Å². The average molecular weight is 324 g/mol. The molecular formula is C16H24N2O5. The highest BCUT2D eigenvalue weighted by Gasteiger charge is 2.21. The Morgan fingerprint density at radius 1 is 1.30 bits per heavy atom. The molecule has 0 fully saturated rings. The molecule has 0 aliphatic heterocycles. The van der Waals surface area contributed by atoms with Crippen molar-refractivity contribution in [1.82, 2.24) is 10.6 Å². The maximum absolute atomic E-state index is 11.9. The number of furan rings is 1. The number of hydrogen-bond donors (Lipinski definition) is 3. The van der Waals surface area contributed by atoms with Gasteiger partial charge in [-0.3, -0.25) is 9.59 Å². The average Bonchev–Trinajstić information content (AvgIpc) is 2.84. The molecule has 0 spiro atoms. The summed E-state index contributed by atoms with van der Waals surface area (Å²) in [6, 6.07) is 0.655. The number of rotatable bonds is 8. The molecule has 1 aromatic heterocycles. The number of nitrogens with one attached hydrogen (secondary N) is 2. The molecule has 0 bridgehead atoms. The summed E-state index contributed by atoms with van der Waals surface area (Å²) in [4.78, 5) is 34.8. The van der Waals surface area contributed by atoms with Gasteiger partial charge in [0.2, 0.25) is 5.91 Å². The molecule has 1 rings (SSSR count). The molecule has 0 saturated carbocycles. The van der Waals surface area contributed by atoms with E-state index in [-0.39, 0.29) is 18.2 Å². The van der Waals surface area contributed by atoms with E-state index < -0.39 is 23.8 Å². The first-order chi connectivity index (χ1) is 10.7. The Bertz CT molecular complexity index is 577. The summed E-state index contributed by atoms with van der Waals surface area (Å²) >= 11 is 0. The molecule has 0 aliphatic rings. The molecule has 0 saturated heterocycles. The number of hydrogen-bond acceptors (Lipinski definition) is 4. The lowest BCUT2D eigenvalue weighted by Crippen LogP contribution is -2.46. The van der Waals surface area contributed by atoms with Crippen molar-refractivity contribution in [3.8, 4) is 0 Å². The summed E-state index contributed by atoms with van der Waals surface area (Å²) < 4.78 is 5.39. The van der Waals surface area contributed by atoms with Crippen LogP contribution in [0, 0.1) is 12.8 Å². The molecule has 0 aromatic carbocycles. The minimum atomic E-state index is -1.09. The van der Waals surface area contributed by atoms with Gasteiger partial charge >= 0.3 is 5.97 Å². The first kappa shape index (κ1) is 18.7. The van der Waals surface area contributed by atoms with Crippen LogP contribution in [-0.2, 0) is 16.0 Å². The number of carbonyl (C=O) groups is 3. The van der Waals surface area contributed by atoms with Crippen molar-refractivity contribution < 1.29 is 23.9 Å². The maximum atomic E-state index is 11.9. The summed E-state index contributed by atoms with van der Waals surface area (Å²) in [5.41, 5.74) is 0.880. The maximum Gasteiger partial charge on any atom is 0.326 e. The van der Waals surface area contributed by atoms with Crippen molar-refractivity contribution in [2.45, 2.75) is 46.6 Å². The van der Waals surface area contributed by atoms with Crippen molar-refractivity contribution in [3.05, 3.63) is 23.2 Å². The minimum Gasteiger partial charge on any atom is -0.480 e. The number of aryl methyl sites for hydroxylation is 2. The SMILES string of the molecule is CCc1oc(C(=O)NCC(=O)N[C@@H](CC(C)C)C(=O)O)cc1C. The van der Waals surface area contributed by atoms with E-state index in [1.807, 2.05) is 27.7 Å². The molecule has 1 atom stereocenters. The zero-order valence-electron chi connectivity index (χ0n) is 13.9. The predicted octanol–water partition coefficient (Wildman–Crippen LogP) is 1.50. The Morgan fingerprint density at radius 2 is 1.96 bits per heavy atom. The highest BCUT2D eigenvalue weighted by molar-refractivity contribution is 5.95. The topological polar surface area (TPSA) is 109 Å². The van der Waals surface area contributed by atoms with Gasteiger partial charge in [0.1, 0.15) is 11.8 Å². The molecule has 3 N–H and O–H groups in total. The minimum absolute atomic E-state index is 0.129. The predicted molar refractivity (Wildman–Crippen MR) is 84.2 cm³/mol. The Morgan fingerprint density at radius 3 is 2.43 bits per heavy atom. The van der Waals surface area contributed by atoms with E-state index in [1.165, 1.54) is 0 Å². The molecule has 7 nitrogen and oxygen atoms in total. The number of carboxylic acid groups (broad SMARTS) is 1. The van der Waals surface area contributed by atoms with Gasteiger partial charge < -0.3 is 20.2 Å². The number of aliphatic carboxylic acids is 1. The zero-order chi connectivity index (χ0) is 17.6. The van der Waals surface area contributed by atoms with Gasteiger partial charge in [0.25, 0.3) is 5.91 Å². The lowest BCUT2D eigenvalue weighted by atomic mass is 10.0. The highest BCUT2D eigenvalue weighted by Crippen LogP contribution is 2.14. The fraction of sp³-hybridized carbons (Fsp3) is 0.562. The summed E-state index contributed by atoms with van der Waals surface area (Å²) in [7, 11) is 0. The van der Waals surface area contributed by atoms with Gasteiger partial charge in [-0.1, -0.05) is 20.8 Å². The molecule has 2 amide bonds. The molecule has 0 aliphatic carbocycles. The van der Waals surface area contributed by atoms with Crippen LogP contribution in [0.4, 0.5) is 0 Å². The number of carboxylic acids is 1. The van der Waals surface area contributed by atoms with Gasteiger partial charge in [-0.25, -0.2) is 4.79 Å². The number of amides is 2. The largest absolute Gasteiger partial charge is 0.480 e. The van der Waals surface area contributed by atoms with Crippen LogP contribution in [0.25, 0.3) is 0 Å². The fourth-order valence-electron chi connectivity index (χ4n) is 2.17. The van der Waals surface area contributed by atoms with Gasteiger partial charge in [0.05, 0.1) is 6.54 Å². The fourth-order valence-corrected chi connectivity index (χ4v) is 2.17. The van der Waals surface area contributed by atoms with Crippen LogP contribution < -0.4 is 10.6 Å². The Balaban J connectivity index is 2.54. The van der Waals surface area contributed by atoms with E-state index in [0.717, 1.165) is 11.3 Å². The van der Waals surface area contributed by atoms with Crippen LogP contribution in [-0.4, -0.2) is 35.5 Å². The van der Waals surface area contributed by atoms with Gasteiger partial charge in [-0.05, 0) is 30.9 Å². The second-order valence-corrected chi connectivity index (χ2v) is 5.84. The van der Waals surface area contributed by atoms with E-state index in [2.05, 4.69) is 10.6 Å². The molecule has 1 aromatic rings. The van der Waals surface area contributed by atoms with Crippen LogP contribution in [0.3, 0.4) is 0 Å². The summed E-state index contributed by atoms with van der Waals surface area (Å²) in [5, 5.41) is 13.9. The number of carbonyl (C=O) groups excluding carboxylic acids is 2. The van der Waals surface area contributed by atoms with Crippen LogP contribution >= 0.6 is 0 Å².